The third-order valence-corrected chi connectivity index (χ3v) is 4.46. The second-order valence-corrected chi connectivity index (χ2v) is 6.78. The SMILES string of the molecule is O=C(Nc1ccc(OC(F)(F)F)cc1)N1CCOC(c2ccc(Br)cc2)C1. The van der Waals surface area contributed by atoms with Gasteiger partial charge >= 0.3 is 12.4 Å². The maximum atomic E-state index is 12.5. The number of carbonyl (C=O) groups excluding carboxylic acids is 1. The number of benzene rings is 2. The number of morpholine rings is 1. The fourth-order valence-corrected chi connectivity index (χ4v) is 2.92. The van der Waals surface area contributed by atoms with Gasteiger partial charge in [0.2, 0.25) is 0 Å². The topological polar surface area (TPSA) is 50.8 Å². The van der Waals surface area contributed by atoms with Crippen LogP contribution in [-0.2, 0) is 4.74 Å². The Morgan fingerprint density at radius 1 is 1.15 bits per heavy atom. The smallest absolute Gasteiger partial charge is 0.406 e. The van der Waals surface area contributed by atoms with Crippen LogP contribution in [0.25, 0.3) is 0 Å². The molecule has 1 aliphatic heterocycles. The van der Waals surface area contributed by atoms with E-state index in [1.165, 1.54) is 12.1 Å². The van der Waals surface area contributed by atoms with Crippen molar-refractivity contribution in [3.63, 3.8) is 0 Å². The van der Waals surface area contributed by atoms with E-state index in [1.54, 1.807) is 4.90 Å². The summed E-state index contributed by atoms with van der Waals surface area (Å²) in [5.74, 6) is -0.345. The van der Waals surface area contributed by atoms with E-state index in [4.69, 9.17) is 4.74 Å². The lowest BCUT2D eigenvalue weighted by Gasteiger charge is -2.33. The Balaban J connectivity index is 1.59. The number of urea groups is 1. The van der Waals surface area contributed by atoms with E-state index in [2.05, 4.69) is 26.0 Å². The number of hydrogen-bond acceptors (Lipinski definition) is 3. The lowest BCUT2D eigenvalue weighted by atomic mass is 10.1. The molecule has 1 fully saturated rings. The monoisotopic (exact) mass is 444 g/mol. The minimum absolute atomic E-state index is 0.236. The van der Waals surface area contributed by atoms with Gasteiger partial charge in [0.25, 0.3) is 0 Å². The molecule has 1 N–H and O–H groups in total. The largest absolute Gasteiger partial charge is 0.573 e. The van der Waals surface area contributed by atoms with E-state index in [0.717, 1.165) is 22.2 Å². The van der Waals surface area contributed by atoms with Crippen molar-refractivity contribution in [2.24, 2.45) is 0 Å². The predicted octanol–water partition coefficient (Wildman–Crippen LogP) is 4.95. The quantitative estimate of drug-likeness (QED) is 0.728. The van der Waals surface area contributed by atoms with Crippen LogP contribution in [0.15, 0.2) is 53.0 Å². The number of hydrogen-bond donors (Lipinski definition) is 1. The molecule has 5 nitrogen and oxygen atoms in total. The second-order valence-electron chi connectivity index (χ2n) is 5.86. The molecule has 0 radical (unpaired) electrons. The average molecular weight is 445 g/mol. The minimum Gasteiger partial charge on any atom is -0.406 e. The van der Waals surface area contributed by atoms with E-state index < -0.39 is 6.36 Å². The molecule has 3 rings (SSSR count). The van der Waals surface area contributed by atoms with Crippen LogP contribution in [0, 0.1) is 0 Å². The van der Waals surface area contributed by atoms with Crippen LogP contribution in [0.3, 0.4) is 0 Å². The van der Waals surface area contributed by atoms with Gasteiger partial charge in [-0.3, -0.25) is 0 Å². The summed E-state index contributed by atoms with van der Waals surface area (Å²) in [5.41, 5.74) is 1.34. The van der Waals surface area contributed by atoms with Crippen molar-refractivity contribution in [2.45, 2.75) is 12.5 Å². The van der Waals surface area contributed by atoms with Crippen molar-refractivity contribution in [1.82, 2.24) is 4.90 Å². The molecular weight excluding hydrogens is 429 g/mol. The fraction of sp³-hybridized carbons (Fsp3) is 0.278. The van der Waals surface area contributed by atoms with Gasteiger partial charge in [0.15, 0.2) is 0 Å². The molecule has 0 saturated carbocycles. The third kappa shape index (κ3) is 5.61. The lowest BCUT2D eigenvalue weighted by Crippen LogP contribution is -2.44. The molecule has 9 heteroatoms. The number of alkyl halides is 3. The van der Waals surface area contributed by atoms with Gasteiger partial charge in [-0.1, -0.05) is 28.1 Å². The standard InChI is InChI=1S/C18H16BrF3N2O3/c19-13-3-1-12(2-4-13)16-11-24(9-10-26-16)17(25)23-14-5-7-15(8-6-14)27-18(20,21)22/h1-8,16H,9-11H2,(H,23,25). The number of nitrogens with one attached hydrogen (secondary N) is 1. The summed E-state index contributed by atoms with van der Waals surface area (Å²) < 4.78 is 47.0. The van der Waals surface area contributed by atoms with Crippen LogP contribution in [0.1, 0.15) is 11.7 Å². The molecule has 0 aliphatic carbocycles. The molecular formula is C18H16BrF3N2O3. The maximum Gasteiger partial charge on any atom is 0.573 e. The van der Waals surface area contributed by atoms with Crippen molar-refractivity contribution < 1.29 is 27.4 Å². The van der Waals surface area contributed by atoms with Gasteiger partial charge < -0.3 is 19.7 Å². The van der Waals surface area contributed by atoms with E-state index in [9.17, 15) is 18.0 Å². The molecule has 2 amide bonds. The van der Waals surface area contributed by atoms with Crippen LogP contribution in [0.4, 0.5) is 23.7 Å². The number of ether oxygens (including phenoxy) is 2. The highest BCUT2D eigenvalue weighted by molar-refractivity contribution is 9.10. The van der Waals surface area contributed by atoms with E-state index in [-0.39, 0.29) is 17.9 Å². The third-order valence-electron chi connectivity index (χ3n) is 3.93. The Kier molecular flexibility index (Phi) is 5.91. The van der Waals surface area contributed by atoms with Crippen molar-refractivity contribution in [3.05, 3.63) is 58.6 Å². The Bertz CT molecular complexity index is 782. The van der Waals surface area contributed by atoms with Gasteiger partial charge in [0.05, 0.1) is 13.2 Å². The normalized spacial score (nSPS) is 17.5. The molecule has 0 aromatic heterocycles. The van der Waals surface area contributed by atoms with Gasteiger partial charge in [-0.05, 0) is 42.0 Å². The Labute approximate surface area is 162 Å². The number of rotatable bonds is 3. The summed E-state index contributed by atoms with van der Waals surface area (Å²) >= 11 is 3.38. The Morgan fingerprint density at radius 3 is 2.44 bits per heavy atom. The van der Waals surface area contributed by atoms with Crippen LogP contribution in [0.2, 0.25) is 0 Å². The first-order valence-electron chi connectivity index (χ1n) is 8.09. The van der Waals surface area contributed by atoms with Crippen molar-refractivity contribution >= 4 is 27.6 Å². The zero-order chi connectivity index (χ0) is 19.4. The summed E-state index contributed by atoms with van der Waals surface area (Å²) in [6.07, 6.45) is -4.99. The van der Waals surface area contributed by atoms with Crippen molar-refractivity contribution in [3.8, 4) is 5.75 Å². The summed E-state index contributed by atoms with van der Waals surface area (Å²) in [6.45, 7) is 1.20. The lowest BCUT2D eigenvalue weighted by molar-refractivity contribution is -0.274. The van der Waals surface area contributed by atoms with Crippen LogP contribution in [-0.4, -0.2) is 37.0 Å². The van der Waals surface area contributed by atoms with E-state index in [0.29, 0.717) is 25.4 Å². The summed E-state index contributed by atoms with van der Waals surface area (Å²) in [7, 11) is 0. The average Bonchev–Trinajstić information content (AvgIpc) is 2.63. The zero-order valence-corrected chi connectivity index (χ0v) is 15.6. The van der Waals surface area contributed by atoms with Crippen molar-refractivity contribution in [2.75, 3.05) is 25.0 Å². The molecule has 1 atom stereocenters. The highest BCUT2D eigenvalue weighted by Crippen LogP contribution is 2.26. The molecule has 1 aliphatic rings. The number of halogens is 4. The number of carbonyl (C=O) groups is 1. The molecule has 0 spiro atoms. The van der Waals surface area contributed by atoms with Gasteiger partial charge in [-0.25, -0.2) is 4.79 Å². The molecule has 2 aromatic rings. The van der Waals surface area contributed by atoms with Crippen LogP contribution < -0.4 is 10.1 Å². The molecule has 0 bridgehead atoms. The molecule has 144 valence electrons. The van der Waals surface area contributed by atoms with Gasteiger partial charge in [-0.15, -0.1) is 13.2 Å². The molecule has 1 heterocycles. The molecule has 27 heavy (non-hydrogen) atoms. The van der Waals surface area contributed by atoms with Gasteiger partial charge in [-0.2, -0.15) is 0 Å². The zero-order valence-electron chi connectivity index (χ0n) is 14.0. The van der Waals surface area contributed by atoms with Gasteiger partial charge in [0, 0.05) is 16.7 Å². The first kappa shape index (κ1) is 19.5. The van der Waals surface area contributed by atoms with Gasteiger partial charge in [0.1, 0.15) is 11.9 Å². The number of nitrogens with zero attached hydrogens (tertiary/aromatic N) is 1. The summed E-state index contributed by atoms with van der Waals surface area (Å²) in [4.78, 5) is 14.1. The molecule has 2 aromatic carbocycles. The van der Waals surface area contributed by atoms with E-state index >= 15 is 0 Å². The number of anilines is 1. The summed E-state index contributed by atoms with van der Waals surface area (Å²) in [5, 5.41) is 2.67. The first-order chi connectivity index (χ1) is 12.8. The van der Waals surface area contributed by atoms with Crippen LogP contribution >= 0.6 is 15.9 Å². The first-order valence-corrected chi connectivity index (χ1v) is 8.88. The number of amides is 2. The van der Waals surface area contributed by atoms with Crippen LogP contribution in [0.5, 0.6) is 5.75 Å². The maximum absolute atomic E-state index is 12.5. The van der Waals surface area contributed by atoms with Crippen molar-refractivity contribution in [1.29, 1.82) is 0 Å². The fourth-order valence-electron chi connectivity index (χ4n) is 2.66. The summed E-state index contributed by atoms with van der Waals surface area (Å²) in [6, 6.07) is 12.3. The Hall–Kier alpha value is -2.26. The molecule has 1 unspecified atom stereocenters. The molecule has 1 saturated heterocycles. The Morgan fingerprint density at radius 2 is 1.81 bits per heavy atom. The second kappa shape index (κ2) is 8.18. The minimum atomic E-state index is -4.75. The van der Waals surface area contributed by atoms with E-state index in [1.807, 2.05) is 24.3 Å². The highest BCUT2D eigenvalue weighted by Gasteiger charge is 2.31. The predicted molar refractivity (Wildman–Crippen MR) is 96.6 cm³/mol. The highest BCUT2D eigenvalue weighted by atomic mass is 79.9.